The molecule has 2 aliphatic rings. The quantitative estimate of drug-likeness (QED) is 0.0715. The van der Waals surface area contributed by atoms with Gasteiger partial charge in [0, 0.05) is 37.4 Å². The molecule has 0 spiro atoms. The molecule has 22 heteroatoms. The van der Waals surface area contributed by atoms with E-state index in [9.17, 15) is 33.4 Å². The van der Waals surface area contributed by atoms with E-state index < -0.39 is 104 Å². The zero-order valence-electron chi connectivity index (χ0n) is 35.1. The van der Waals surface area contributed by atoms with Crippen LogP contribution in [0.4, 0.5) is 8.78 Å². The van der Waals surface area contributed by atoms with E-state index in [1.165, 1.54) is 27.3 Å². The van der Waals surface area contributed by atoms with E-state index in [0.717, 1.165) is 23.8 Å². The molecule has 2 saturated heterocycles. The molecule has 0 amide bonds. The van der Waals surface area contributed by atoms with E-state index in [2.05, 4.69) is 4.98 Å². The first-order valence-electron chi connectivity index (χ1n) is 19.8. The highest BCUT2D eigenvalue weighted by Crippen LogP contribution is 2.52. The van der Waals surface area contributed by atoms with Crippen molar-refractivity contribution in [2.75, 3.05) is 27.4 Å². The van der Waals surface area contributed by atoms with Crippen molar-refractivity contribution in [3.05, 3.63) is 173 Å². The van der Waals surface area contributed by atoms with E-state index in [0.29, 0.717) is 32.8 Å². The number of esters is 1. The standard InChI is InChI=1S/C43H43F2N4O15P/c1-24-21-49(42(54)47-39(24)52)35-20-31(61-25(2)50)32(62-35)23-60-65(55,56)64-37-36(38(44)45)33(63-40(37)48-19-18-34(51)46-41(48)53)22-59-43(26-8-6-5-7-9-26,27-10-14-29(57-3)15-11-27)28-12-16-30(58-4)17-13-28/h5-19,21,31-33,35,37,40H,20,22-23H2,1-4H3,(H,55,56)(H,46,51,53)(H,47,52,54)/t31-,32+,33+,35+,37+,40+/m0/s1. The maximum Gasteiger partial charge on any atom is 0.473 e. The number of aromatic nitrogens is 4. The number of H-pyrrole nitrogens is 2. The molecule has 3 aromatic carbocycles. The van der Waals surface area contributed by atoms with Crippen LogP contribution in [-0.4, -0.2) is 81.8 Å². The van der Waals surface area contributed by atoms with Gasteiger partial charge in [-0.3, -0.25) is 42.5 Å². The number of carbonyl (C=O) groups is 1. The maximum absolute atomic E-state index is 15.5. The number of phosphoric acid groups is 1. The minimum Gasteiger partial charge on any atom is -0.497 e. The normalized spacial score (nSPS) is 21.7. The second-order valence-corrected chi connectivity index (χ2v) is 16.3. The number of aromatic amines is 2. The van der Waals surface area contributed by atoms with Gasteiger partial charge in [0.05, 0.1) is 33.0 Å². The van der Waals surface area contributed by atoms with Crippen LogP contribution in [0.25, 0.3) is 0 Å². The van der Waals surface area contributed by atoms with Gasteiger partial charge in [0.25, 0.3) is 17.2 Å². The highest BCUT2D eigenvalue weighted by molar-refractivity contribution is 7.47. The summed E-state index contributed by atoms with van der Waals surface area (Å²) in [6.07, 6.45) is -10.0. The predicted octanol–water partition coefficient (Wildman–Crippen LogP) is 4.19. The summed E-state index contributed by atoms with van der Waals surface area (Å²) in [5.41, 5.74) is -4.27. The molecule has 0 radical (unpaired) electrons. The molecule has 0 bridgehead atoms. The van der Waals surface area contributed by atoms with Crippen LogP contribution in [0.1, 0.15) is 48.1 Å². The minimum atomic E-state index is -5.50. The SMILES string of the molecule is COc1ccc(C(OC[C@H]2O[C@@H](n3ccc(=O)[nH]c3=O)[C@H](OP(=O)(O)OC[C@H]3O[C@@H](n4cc(C)c(=O)[nH]c4=O)C[C@@H]3OC(C)=O)C2=C(F)F)(c2ccccc2)c2ccc(OC)cc2)cc1. The molecular formula is C43H43F2N4O15P. The smallest absolute Gasteiger partial charge is 0.473 e. The fourth-order valence-corrected chi connectivity index (χ4v) is 8.63. The average molecular weight is 925 g/mol. The number of nitrogens with one attached hydrogen (secondary N) is 2. The largest absolute Gasteiger partial charge is 0.497 e. The Bertz CT molecular complexity index is 2780. The fraction of sp³-hybridized carbons (Fsp3) is 0.326. The van der Waals surface area contributed by atoms with Crippen LogP contribution in [0.15, 0.2) is 128 Å². The van der Waals surface area contributed by atoms with Crippen molar-refractivity contribution in [3.63, 3.8) is 0 Å². The Morgan fingerprint density at radius 3 is 2.02 bits per heavy atom. The Morgan fingerprint density at radius 1 is 0.846 bits per heavy atom. The predicted molar refractivity (Wildman–Crippen MR) is 224 cm³/mol. The fourth-order valence-electron chi connectivity index (χ4n) is 7.73. The minimum absolute atomic E-state index is 0.153. The lowest BCUT2D eigenvalue weighted by molar-refractivity contribution is -0.150. The van der Waals surface area contributed by atoms with Crippen molar-refractivity contribution in [2.45, 2.75) is 62.7 Å². The molecule has 0 saturated carbocycles. The molecule has 65 heavy (non-hydrogen) atoms. The Balaban J connectivity index is 1.23. The molecule has 0 aliphatic carbocycles. The molecule has 19 nitrogen and oxygen atoms in total. The number of hydrogen-bond acceptors (Lipinski definition) is 14. The first-order chi connectivity index (χ1) is 31.0. The van der Waals surface area contributed by atoms with Gasteiger partial charge in [-0.05, 0) is 47.9 Å². The summed E-state index contributed by atoms with van der Waals surface area (Å²) in [6, 6.07) is 23.4. The van der Waals surface area contributed by atoms with Gasteiger partial charge in [0.15, 0.2) is 6.23 Å². The number of nitrogens with zero attached hydrogens (tertiary/aromatic N) is 2. The van der Waals surface area contributed by atoms with Crippen molar-refractivity contribution in [3.8, 4) is 11.5 Å². The van der Waals surface area contributed by atoms with Crippen LogP contribution in [0, 0.1) is 6.92 Å². The van der Waals surface area contributed by atoms with Crippen molar-refractivity contribution >= 4 is 13.8 Å². The van der Waals surface area contributed by atoms with Crippen LogP contribution >= 0.6 is 7.82 Å². The summed E-state index contributed by atoms with van der Waals surface area (Å²) in [4.78, 5) is 77.2. The number of ether oxygens (including phenoxy) is 6. The molecular weight excluding hydrogens is 881 g/mol. The number of aryl methyl sites for hydroxylation is 1. The highest BCUT2D eigenvalue weighted by atomic mass is 31.2. The number of rotatable bonds is 16. The molecule has 3 N–H and O–H groups in total. The Morgan fingerprint density at radius 2 is 1.45 bits per heavy atom. The van der Waals surface area contributed by atoms with Crippen LogP contribution in [0.3, 0.4) is 0 Å². The lowest BCUT2D eigenvalue weighted by atomic mass is 9.80. The van der Waals surface area contributed by atoms with Crippen molar-refractivity contribution in [1.29, 1.82) is 0 Å². The van der Waals surface area contributed by atoms with Crippen LogP contribution in [0.5, 0.6) is 11.5 Å². The molecule has 2 aromatic heterocycles. The van der Waals surface area contributed by atoms with Gasteiger partial charge >= 0.3 is 25.2 Å². The third-order valence-corrected chi connectivity index (χ3v) is 11.8. The molecule has 1 unspecified atom stereocenters. The zero-order valence-corrected chi connectivity index (χ0v) is 36.0. The summed E-state index contributed by atoms with van der Waals surface area (Å²) in [5, 5.41) is 0. The van der Waals surface area contributed by atoms with Crippen LogP contribution < -0.4 is 32.0 Å². The van der Waals surface area contributed by atoms with Crippen LogP contribution in [-0.2, 0) is 43.0 Å². The first-order valence-corrected chi connectivity index (χ1v) is 21.3. The van der Waals surface area contributed by atoms with Gasteiger partial charge < -0.3 is 33.3 Å². The van der Waals surface area contributed by atoms with E-state index in [1.54, 1.807) is 78.9 Å². The summed E-state index contributed by atoms with van der Waals surface area (Å²) in [5.74, 6) is 0.256. The van der Waals surface area contributed by atoms with E-state index in [-0.39, 0.29) is 12.0 Å². The topological polar surface area (TPSA) is 238 Å². The van der Waals surface area contributed by atoms with Crippen molar-refractivity contribution in [1.82, 2.24) is 19.1 Å². The number of phosphoric ester groups is 1. The summed E-state index contributed by atoms with van der Waals surface area (Å²) >= 11 is 0. The molecule has 2 aliphatic heterocycles. The number of halogens is 2. The molecule has 344 valence electrons. The molecule has 7 atom stereocenters. The van der Waals surface area contributed by atoms with Gasteiger partial charge in [0.1, 0.15) is 47.7 Å². The van der Waals surface area contributed by atoms with Crippen LogP contribution in [0.2, 0.25) is 0 Å². The number of hydrogen-bond donors (Lipinski definition) is 3. The summed E-state index contributed by atoms with van der Waals surface area (Å²) in [7, 11) is -2.52. The average Bonchev–Trinajstić information content (AvgIpc) is 3.84. The van der Waals surface area contributed by atoms with E-state index in [4.69, 9.17) is 37.5 Å². The van der Waals surface area contributed by atoms with E-state index >= 15 is 8.78 Å². The molecule has 7 rings (SSSR count). The number of carbonyl (C=O) groups excluding carboxylic acids is 1. The van der Waals surface area contributed by atoms with Crippen molar-refractivity contribution < 1.29 is 60.5 Å². The second-order valence-electron chi connectivity index (χ2n) is 14.8. The monoisotopic (exact) mass is 924 g/mol. The Kier molecular flexibility index (Phi) is 13.9. The number of methoxy groups -OCH3 is 2. The first kappa shape index (κ1) is 46.7. The van der Waals surface area contributed by atoms with Gasteiger partial charge in [-0.15, -0.1) is 0 Å². The van der Waals surface area contributed by atoms with Gasteiger partial charge in [0.2, 0.25) is 0 Å². The molecule has 4 heterocycles. The summed E-state index contributed by atoms with van der Waals surface area (Å²) in [6.45, 7) is 0.979. The van der Waals surface area contributed by atoms with E-state index in [1.807, 2.05) is 4.98 Å². The van der Waals surface area contributed by atoms with Gasteiger partial charge in [-0.2, -0.15) is 8.78 Å². The molecule has 5 aromatic rings. The second kappa shape index (κ2) is 19.4. The lowest BCUT2D eigenvalue weighted by Gasteiger charge is -2.37. The zero-order chi connectivity index (χ0) is 46.6. The third-order valence-electron chi connectivity index (χ3n) is 10.8. The highest BCUT2D eigenvalue weighted by Gasteiger charge is 2.51. The molecule has 2 fully saturated rings. The lowest BCUT2D eigenvalue weighted by Crippen LogP contribution is -2.36. The van der Waals surface area contributed by atoms with Gasteiger partial charge in [-0.25, -0.2) is 14.2 Å². The third kappa shape index (κ3) is 10.0. The number of benzene rings is 3. The maximum atomic E-state index is 15.5. The summed E-state index contributed by atoms with van der Waals surface area (Å²) < 4.78 is 92.2. The Labute approximate surface area is 367 Å². The Hall–Kier alpha value is -6.32. The van der Waals surface area contributed by atoms with Gasteiger partial charge in [-0.1, -0.05) is 54.6 Å². The van der Waals surface area contributed by atoms with Crippen molar-refractivity contribution in [2.24, 2.45) is 0 Å².